The molecule has 4 atom stereocenters. The fourth-order valence-corrected chi connectivity index (χ4v) is 5.28. The van der Waals surface area contributed by atoms with Crippen molar-refractivity contribution in [3.05, 3.63) is 101 Å². The van der Waals surface area contributed by atoms with Gasteiger partial charge in [-0.15, -0.1) is 0 Å². The van der Waals surface area contributed by atoms with E-state index in [0.717, 1.165) is 18.6 Å². The van der Waals surface area contributed by atoms with Gasteiger partial charge >= 0.3 is 0 Å². The molecule has 2 bridgehead atoms. The van der Waals surface area contributed by atoms with Gasteiger partial charge in [0, 0.05) is 47.6 Å². The highest BCUT2D eigenvalue weighted by atomic mass is 16.2. The van der Waals surface area contributed by atoms with Crippen LogP contribution >= 0.6 is 0 Å². The van der Waals surface area contributed by atoms with Crippen LogP contribution in [0.1, 0.15) is 64.0 Å². The van der Waals surface area contributed by atoms with Crippen LogP contribution in [0.25, 0.3) is 0 Å². The van der Waals surface area contributed by atoms with Gasteiger partial charge in [0.25, 0.3) is 5.91 Å². The second-order valence-electron chi connectivity index (χ2n) is 9.30. The number of piperidine rings is 1. The highest BCUT2D eigenvalue weighted by Crippen LogP contribution is 2.46. The first kappa shape index (κ1) is 21.5. The maximum atomic E-state index is 12.7. The Balaban J connectivity index is 1.52. The smallest absolute Gasteiger partial charge is 0.271 e. The minimum Gasteiger partial charge on any atom is -0.302 e. The Kier molecular flexibility index (Phi) is 6.05. The number of carbonyl (C=O) groups excluding carboxylic acids is 1. The SMILES string of the molecule is Cc1ccc([C@H]2N[C@@H](c3ccc(C)cc3)[C@H]3CCC[C@@H]2C3=NNC(=O)c2ccncc2)cc1. The first-order valence-corrected chi connectivity index (χ1v) is 11.8. The minimum atomic E-state index is -0.194. The van der Waals surface area contributed by atoms with Crippen molar-refractivity contribution in [2.45, 2.75) is 45.2 Å². The number of pyridine rings is 1. The van der Waals surface area contributed by atoms with Crippen molar-refractivity contribution < 1.29 is 4.79 Å². The summed E-state index contributed by atoms with van der Waals surface area (Å²) in [5.74, 6) is 0.317. The predicted molar refractivity (Wildman–Crippen MR) is 131 cm³/mol. The lowest BCUT2D eigenvalue weighted by atomic mass is 9.67. The Labute approximate surface area is 195 Å². The highest BCUT2D eigenvalue weighted by Gasteiger charge is 2.45. The van der Waals surface area contributed by atoms with E-state index in [1.807, 2.05) is 0 Å². The predicted octanol–water partition coefficient (Wildman–Crippen LogP) is 5.29. The maximum Gasteiger partial charge on any atom is 0.271 e. The number of nitrogens with zero attached hydrogens (tertiary/aromatic N) is 2. The van der Waals surface area contributed by atoms with Crippen LogP contribution in [-0.2, 0) is 0 Å². The molecule has 5 rings (SSSR count). The minimum absolute atomic E-state index is 0.157. The third-order valence-corrected chi connectivity index (χ3v) is 7.06. The first-order valence-electron chi connectivity index (χ1n) is 11.8. The molecule has 2 aromatic carbocycles. The van der Waals surface area contributed by atoms with Crippen LogP contribution in [0.4, 0.5) is 0 Å². The molecule has 2 aliphatic rings. The zero-order valence-electron chi connectivity index (χ0n) is 19.2. The molecule has 33 heavy (non-hydrogen) atoms. The van der Waals surface area contributed by atoms with Crippen molar-refractivity contribution >= 4 is 11.6 Å². The van der Waals surface area contributed by atoms with Crippen molar-refractivity contribution in [3.8, 4) is 0 Å². The zero-order chi connectivity index (χ0) is 22.8. The number of nitrogens with one attached hydrogen (secondary N) is 2. The van der Waals surface area contributed by atoms with E-state index in [-0.39, 0.29) is 29.8 Å². The molecule has 168 valence electrons. The van der Waals surface area contributed by atoms with Gasteiger partial charge in [0.1, 0.15) is 0 Å². The molecule has 1 aromatic heterocycles. The number of hydrogen-bond acceptors (Lipinski definition) is 4. The van der Waals surface area contributed by atoms with Crippen LogP contribution in [0.5, 0.6) is 0 Å². The molecule has 1 amide bonds. The molecular formula is C28H30N4O. The Morgan fingerprint density at radius 3 is 1.88 bits per heavy atom. The summed E-state index contributed by atoms with van der Waals surface area (Å²) in [4.78, 5) is 16.7. The summed E-state index contributed by atoms with van der Waals surface area (Å²) in [5.41, 5.74) is 9.59. The largest absolute Gasteiger partial charge is 0.302 e. The Hall–Kier alpha value is -3.31. The first-order chi connectivity index (χ1) is 16.1. The fraction of sp³-hybridized carbons (Fsp3) is 0.321. The number of carbonyl (C=O) groups is 1. The van der Waals surface area contributed by atoms with E-state index in [0.29, 0.717) is 5.56 Å². The third kappa shape index (κ3) is 4.46. The van der Waals surface area contributed by atoms with Gasteiger partial charge in [0.15, 0.2) is 0 Å². The van der Waals surface area contributed by atoms with E-state index < -0.39 is 0 Å². The van der Waals surface area contributed by atoms with E-state index >= 15 is 0 Å². The number of aromatic nitrogens is 1. The third-order valence-electron chi connectivity index (χ3n) is 7.06. The second kappa shape index (κ2) is 9.28. The topological polar surface area (TPSA) is 66.4 Å². The van der Waals surface area contributed by atoms with Crippen LogP contribution in [0, 0.1) is 25.7 Å². The van der Waals surface area contributed by atoms with Gasteiger partial charge < -0.3 is 5.32 Å². The average Bonchev–Trinajstić information content (AvgIpc) is 2.84. The molecule has 2 N–H and O–H groups in total. The Morgan fingerprint density at radius 1 is 0.848 bits per heavy atom. The van der Waals surface area contributed by atoms with Crippen LogP contribution in [0.15, 0.2) is 78.2 Å². The molecule has 1 aliphatic carbocycles. The Morgan fingerprint density at radius 2 is 1.36 bits per heavy atom. The van der Waals surface area contributed by atoms with Crippen LogP contribution < -0.4 is 10.7 Å². The second-order valence-corrected chi connectivity index (χ2v) is 9.30. The van der Waals surface area contributed by atoms with E-state index in [9.17, 15) is 4.79 Å². The zero-order valence-corrected chi connectivity index (χ0v) is 19.2. The summed E-state index contributed by atoms with van der Waals surface area (Å²) in [6.45, 7) is 4.23. The number of hydrazone groups is 1. The van der Waals surface area contributed by atoms with Gasteiger partial charge in [0.05, 0.1) is 0 Å². The van der Waals surface area contributed by atoms with Crippen molar-refractivity contribution in [2.24, 2.45) is 16.9 Å². The molecule has 0 radical (unpaired) electrons. The van der Waals surface area contributed by atoms with Crippen LogP contribution in [0.3, 0.4) is 0 Å². The summed E-state index contributed by atoms with van der Waals surface area (Å²) in [5, 5.41) is 8.76. The van der Waals surface area contributed by atoms with Crippen LogP contribution in [0.2, 0.25) is 0 Å². The highest BCUT2D eigenvalue weighted by molar-refractivity contribution is 5.97. The van der Waals surface area contributed by atoms with E-state index in [1.165, 1.54) is 28.7 Å². The monoisotopic (exact) mass is 438 g/mol. The number of rotatable bonds is 4. The molecule has 5 nitrogen and oxygen atoms in total. The molecule has 3 aromatic rings. The molecular weight excluding hydrogens is 408 g/mol. The van der Waals surface area contributed by atoms with Gasteiger partial charge in [-0.25, -0.2) is 5.43 Å². The molecule has 1 saturated carbocycles. The number of aryl methyl sites for hydroxylation is 2. The normalized spacial score (nSPS) is 25.6. The molecule has 0 unspecified atom stereocenters. The Bertz CT molecular complexity index is 1080. The molecule has 2 fully saturated rings. The summed E-state index contributed by atoms with van der Waals surface area (Å²) in [7, 11) is 0. The number of hydrogen-bond donors (Lipinski definition) is 2. The fourth-order valence-electron chi connectivity index (χ4n) is 5.28. The molecule has 5 heteroatoms. The quantitative estimate of drug-likeness (QED) is 0.544. The van der Waals surface area contributed by atoms with Gasteiger partial charge in [0.2, 0.25) is 0 Å². The molecule has 0 spiro atoms. The average molecular weight is 439 g/mol. The van der Waals surface area contributed by atoms with Crippen molar-refractivity contribution in [1.82, 2.24) is 15.7 Å². The van der Waals surface area contributed by atoms with Crippen LogP contribution in [-0.4, -0.2) is 16.6 Å². The summed E-state index contributed by atoms with van der Waals surface area (Å²) < 4.78 is 0. The van der Waals surface area contributed by atoms with Crippen molar-refractivity contribution in [2.75, 3.05) is 0 Å². The lowest BCUT2D eigenvalue weighted by molar-refractivity contribution is 0.0953. The maximum absolute atomic E-state index is 12.7. The number of amides is 1. The van der Waals surface area contributed by atoms with E-state index in [4.69, 9.17) is 5.10 Å². The lowest BCUT2D eigenvalue weighted by Crippen LogP contribution is -2.51. The van der Waals surface area contributed by atoms with Gasteiger partial charge in [-0.05, 0) is 49.9 Å². The summed E-state index contributed by atoms with van der Waals surface area (Å²) in [6.07, 6.45) is 6.54. The van der Waals surface area contributed by atoms with E-state index in [1.54, 1.807) is 24.5 Å². The number of benzene rings is 2. The molecule has 1 saturated heterocycles. The number of fused-ring (bicyclic) bond motifs is 2. The van der Waals surface area contributed by atoms with Crippen molar-refractivity contribution in [1.29, 1.82) is 0 Å². The standard InChI is InChI=1S/C28H30N4O/c1-18-6-10-20(11-7-18)25-23-4-3-5-24(26(30-25)21-12-8-19(2)9-13-21)27(23)31-32-28(33)22-14-16-29-17-15-22/h6-17,23-26,30H,3-5H2,1-2H3,(H,32,33)/t23-,24+,25+,26-. The van der Waals surface area contributed by atoms with Gasteiger partial charge in [-0.3, -0.25) is 9.78 Å². The lowest BCUT2D eigenvalue weighted by Gasteiger charge is -2.47. The van der Waals surface area contributed by atoms with Crippen molar-refractivity contribution in [3.63, 3.8) is 0 Å². The van der Waals surface area contributed by atoms with Gasteiger partial charge in [-0.2, -0.15) is 5.10 Å². The summed E-state index contributed by atoms with van der Waals surface area (Å²) in [6, 6.07) is 21.3. The van der Waals surface area contributed by atoms with E-state index in [2.05, 4.69) is 78.1 Å². The molecule has 2 heterocycles. The summed E-state index contributed by atoms with van der Waals surface area (Å²) >= 11 is 0. The van der Waals surface area contributed by atoms with Gasteiger partial charge in [-0.1, -0.05) is 66.1 Å². The molecule has 1 aliphatic heterocycles.